The van der Waals surface area contributed by atoms with Gasteiger partial charge in [-0.25, -0.2) is 13.4 Å². The first-order chi connectivity index (χ1) is 6.14. The van der Waals surface area contributed by atoms with Gasteiger partial charge >= 0.3 is 6.09 Å². The zero-order valence-corrected chi connectivity index (χ0v) is 9.61. The van der Waals surface area contributed by atoms with E-state index in [0.717, 1.165) is 23.5 Å². The van der Waals surface area contributed by atoms with E-state index in [4.69, 9.17) is 0 Å². The van der Waals surface area contributed by atoms with Crippen LogP contribution in [0.15, 0.2) is 0 Å². The van der Waals surface area contributed by atoms with Crippen molar-refractivity contribution in [3.8, 4) is 0 Å². The van der Waals surface area contributed by atoms with Gasteiger partial charge in [-0.1, -0.05) is 0 Å². The van der Waals surface area contributed by atoms with Crippen LogP contribution in [0.4, 0.5) is 4.79 Å². The molecular weight excluding hydrogens is 188 g/mol. The summed E-state index contributed by atoms with van der Waals surface area (Å²) in [6.45, 7) is 9.29. The molecule has 13 heavy (non-hydrogen) atoms. The fourth-order valence-electron chi connectivity index (χ4n) is 1.04. The van der Waals surface area contributed by atoms with E-state index in [-0.39, 0.29) is 6.09 Å². The van der Waals surface area contributed by atoms with Gasteiger partial charge in [0, 0.05) is 0 Å². The molecule has 0 aliphatic carbocycles. The quantitative estimate of drug-likeness (QED) is 0.551. The topological polar surface area (TPSA) is 38.3 Å². The van der Waals surface area contributed by atoms with Crippen LogP contribution < -0.4 is 4.72 Å². The van der Waals surface area contributed by atoms with Gasteiger partial charge in [0.2, 0.25) is 12.1 Å². The SMILES string of the molecule is CC[N+](CC)(CC)SNC(=O)OC. The molecule has 0 saturated carbocycles. The lowest BCUT2D eigenvalue weighted by molar-refractivity contribution is -0.790. The number of methoxy groups -OCH3 is 1. The lowest BCUT2D eigenvalue weighted by Gasteiger charge is -2.31. The van der Waals surface area contributed by atoms with Crippen molar-refractivity contribution in [3.63, 3.8) is 0 Å². The molecule has 1 amide bonds. The molecule has 0 aromatic carbocycles. The highest BCUT2D eigenvalue weighted by atomic mass is 32.2. The summed E-state index contributed by atoms with van der Waals surface area (Å²) in [4.78, 5) is 10.8. The maximum atomic E-state index is 10.8. The molecule has 5 heteroatoms. The van der Waals surface area contributed by atoms with Gasteiger partial charge in [0.25, 0.3) is 0 Å². The number of hydrogen-bond donors (Lipinski definition) is 1. The molecule has 0 aliphatic heterocycles. The van der Waals surface area contributed by atoms with E-state index >= 15 is 0 Å². The van der Waals surface area contributed by atoms with Crippen molar-refractivity contribution in [2.45, 2.75) is 20.8 Å². The highest BCUT2D eigenvalue weighted by Gasteiger charge is 2.24. The summed E-state index contributed by atoms with van der Waals surface area (Å²) in [6, 6.07) is 0. The third-order valence-corrected chi connectivity index (χ3v) is 3.66. The number of ether oxygens (including phenoxy) is 1. The summed E-state index contributed by atoms with van der Waals surface area (Å²) in [6.07, 6.45) is -0.386. The van der Waals surface area contributed by atoms with Crippen molar-refractivity contribution in [2.24, 2.45) is 0 Å². The van der Waals surface area contributed by atoms with Crippen LogP contribution in [-0.2, 0) is 4.74 Å². The third kappa shape index (κ3) is 3.87. The van der Waals surface area contributed by atoms with Crippen molar-refractivity contribution in [2.75, 3.05) is 26.7 Å². The Hall–Kier alpha value is -0.420. The van der Waals surface area contributed by atoms with E-state index in [0.29, 0.717) is 0 Å². The summed E-state index contributed by atoms with van der Waals surface area (Å²) in [5, 5.41) is 0. The Kier molecular flexibility index (Phi) is 5.90. The molecule has 0 fully saturated rings. The van der Waals surface area contributed by atoms with Gasteiger partial charge in [0.15, 0.2) is 0 Å². The van der Waals surface area contributed by atoms with Crippen molar-refractivity contribution < 1.29 is 13.4 Å². The smallest absolute Gasteiger partial charge is 0.421 e. The first kappa shape index (κ1) is 12.6. The predicted molar refractivity (Wildman–Crippen MR) is 55.0 cm³/mol. The minimum Gasteiger partial charge on any atom is -0.452 e. The fourth-order valence-corrected chi connectivity index (χ4v) is 1.78. The number of nitrogens with one attached hydrogen (secondary N) is 1. The van der Waals surface area contributed by atoms with Crippen LogP contribution in [0.1, 0.15) is 20.8 Å². The second-order valence-electron chi connectivity index (χ2n) is 2.69. The van der Waals surface area contributed by atoms with Gasteiger partial charge < -0.3 is 4.74 Å². The molecule has 0 aromatic heterocycles. The second kappa shape index (κ2) is 6.10. The molecule has 0 unspecified atom stereocenters. The molecule has 1 N–H and O–H groups in total. The molecule has 0 heterocycles. The minimum atomic E-state index is -0.386. The number of nitrogens with zero attached hydrogens (tertiary/aromatic N) is 1. The van der Waals surface area contributed by atoms with Gasteiger partial charge in [-0.2, -0.15) is 0 Å². The molecular formula is C8H19N2O2S+. The highest BCUT2D eigenvalue weighted by molar-refractivity contribution is 7.92. The molecule has 78 valence electrons. The van der Waals surface area contributed by atoms with Crippen molar-refractivity contribution in [3.05, 3.63) is 0 Å². The van der Waals surface area contributed by atoms with E-state index in [1.54, 1.807) is 0 Å². The monoisotopic (exact) mass is 207 g/mol. The Morgan fingerprint density at radius 2 is 1.77 bits per heavy atom. The van der Waals surface area contributed by atoms with Crippen LogP contribution >= 0.6 is 12.1 Å². The van der Waals surface area contributed by atoms with Crippen LogP contribution in [0.3, 0.4) is 0 Å². The average Bonchev–Trinajstić information content (AvgIpc) is 2.20. The Balaban J connectivity index is 4.02. The lowest BCUT2D eigenvalue weighted by Crippen LogP contribution is -2.43. The Bertz CT molecular complexity index is 152. The van der Waals surface area contributed by atoms with Crippen LogP contribution in [-0.4, -0.2) is 36.7 Å². The minimum absolute atomic E-state index is 0.386. The predicted octanol–water partition coefficient (Wildman–Crippen LogP) is 1.78. The van der Waals surface area contributed by atoms with Crippen molar-refractivity contribution in [1.29, 1.82) is 0 Å². The third-order valence-electron chi connectivity index (χ3n) is 2.24. The standard InChI is InChI=1S/C8H18N2O2S/c1-5-10(6-2,7-3)13-9-8(11)12-4/h5-7H2,1-4H3/p+1. The summed E-state index contributed by atoms with van der Waals surface area (Å²) < 4.78 is 7.97. The summed E-state index contributed by atoms with van der Waals surface area (Å²) >= 11 is 1.41. The van der Waals surface area contributed by atoms with Crippen LogP contribution in [0, 0.1) is 0 Å². The maximum absolute atomic E-state index is 10.8. The molecule has 4 nitrogen and oxygen atoms in total. The number of rotatable bonds is 5. The summed E-state index contributed by atoms with van der Waals surface area (Å²) in [7, 11) is 1.37. The molecule has 0 aliphatic rings. The Labute approximate surface area is 84.5 Å². The second-order valence-corrected chi connectivity index (χ2v) is 3.85. The zero-order chi connectivity index (χ0) is 10.3. The molecule has 0 saturated heterocycles. The van der Waals surface area contributed by atoms with Crippen molar-refractivity contribution in [1.82, 2.24) is 4.72 Å². The van der Waals surface area contributed by atoms with Gasteiger partial charge in [-0.3, -0.25) is 0 Å². The highest BCUT2D eigenvalue weighted by Crippen LogP contribution is 2.18. The van der Waals surface area contributed by atoms with Gasteiger partial charge in [0.1, 0.15) is 0 Å². The first-order valence-electron chi connectivity index (χ1n) is 4.52. The van der Waals surface area contributed by atoms with Crippen LogP contribution in [0.25, 0.3) is 0 Å². The molecule has 0 spiro atoms. The molecule has 0 radical (unpaired) electrons. The van der Waals surface area contributed by atoms with E-state index in [2.05, 4.69) is 30.2 Å². The zero-order valence-electron chi connectivity index (χ0n) is 8.79. The van der Waals surface area contributed by atoms with Gasteiger partial charge in [0.05, 0.1) is 26.7 Å². The number of quaternary nitrogens is 1. The van der Waals surface area contributed by atoms with Gasteiger partial charge in [-0.05, 0) is 20.8 Å². The summed E-state index contributed by atoms with van der Waals surface area (Å²) in [5.41, 5.74) is 0. The van der Waals surface area contributed by atoms with E-state index in [9.17, 15) is 4.79 Å². The largest absolute Gasteiger partial charge is 0.452 e. The fraction of sp³-hybridized carbons (Fsp3) is 0.875. The van der Waals surface area contributed by atoms with Crippen LogP contribution in [0.2, 0.25) is 0 Å². The first-order valence-corrected chi connectivity index (χ1v) is 5.30. The number of hydrogen-bond acceptors (Lipinski definition) is 3. The molecule has 0 atom stereocenters. The van der Waals surface area contributed by atoms with E-state index in [1.807, 2.05) is 0 Å². The Morgan fingerprint density at radius 3 is 2.08 bits per heavy atom. The molecule has 0 rings (SSSR count). The normalized spacial score (nSPS) is 11.1. The number of carbonyl (C=O) groups excluding carboxylic acids is 1. The lowest BCUT2D eigenvalue weighted by atomic mass is 10.5. The molecule has 0 bridgehead atoms. The van der Waals surface area contributed by atoms with E-state index in [1.165, 1.54) is 19.2 Å². The Morgan fingerprint density at radius 1 is 1.31 bits per heavy atom. The number of amides is 1. The summed E-state index contributed by atoms with van der Waals surface area (Å²) in [5.74, 6) is 0. The maximum Gasteiger partial charge on any atom is 0.421 e. The molecule has 0 aromatic rings. The van der Waals surface area contributed by atoms with Crippen molar-refractivity contribution >= 4 is 18.2 Å². The van der Waals surface area contributed by atoms with E-state index < -0.39 is 0 Å². The number of carbonyl (C=O) groups is 1. The average molecular weight is 207 g/mol. The van der Waals surface area contributed by atoms with Gasteiger partial charge in [-0.15, -0.1) is 0 Å². The van der Waals surface area contributed by atoms with Crippen LogP contribution in [0.5, 0.6) is 0 Å².